The van der Waals surface area contributed by atoms with Crippen LogP contribution in [-0.4, -0.2) is 20.8 Å². The van der Waals surface area contributed by atoms with Crippen LogP contribution in [0.2, 0.25) is 0 Å². The lowest BCUT2D eigenvalue weighted by Gasteiger charge is -2.05. The van der Waals surface area contributed by atoms with Crippen LogP contribution in [0.15, 0.2) is 30.5 Å². The first-order valence-corrected chi connectivity index (χ1v) is 6.17. The van der Waals surface area contributed by atoms with Crippen LogP contribution in [0.4, 0.5) is 5.69 Å². The van der Waals surface area contributed by atoms with Gasteiger partial charge in [0, 0.05) is 18.9 Å². The minimum absolute atomic E-state index is 0.00316. The van der Waals surface area contributed by atoms with Crippen LogP contribution < -0.4 is 5.32 Å². The van der Waals surface area contributed by atoms with Crippen molar-refractivity contribution < 1.29 is 9.90 Å². The molecule has 19 heavy (non-hydrogen) atoms. The van der Waals surface area contributed by atoms with E-state index in [1.165, 1.54) is 0 Å². The molecule has 0 aliphatic carbocycles. The molecule has 0 saturated heterocycles. The van der Waals surface area contributed by atoms with Gasteiger partial charge in [-0.3, -0.25) is 9.48 Å². The maximum Gasteiger partial charge on any atom is 0.259 e. The van der Waals surface area contributed by atoms with E-state index in [0.29, 0.717) is 17.7 Å². The van der Waals surface area contributed by atoms with Gasteiger partial charge in [-0.1, -0.05) is 19.1 Å². The average Bonchev–Trinajstić information content (AvgIpc) is 2.81. The van der Waals surface area contributed by atoms with E-state index >= 15 is 0 Å². The summed E-state index contributed by atoms with van der Waals surface area (Å²) in [6, 6.07) is 7.09. The van der Waals surface area contributed by atoms with Gasteiger partial charge in [0.2, 0.25) is 0 Å². The van der Waals surface area contributed by atoms with Gasteiger partial charge >= 0.3 is 0 Å². The van der Waals surface area contributed by atoms with Gasteiger partial charge in [-0.2, -0.15) is 5.10 Å². The number of benzene rings is 1. The second-order valence-corrected chi connectivity index (χ2v) is 4.33. The molecule has 2 rings (SSSR count). The van der Waals surface area contributed by atoms with Crippen LogP contribution in [0.3, 0.4) is 0 Å². The van der Waals surface area contributed by atoms with Crippen molar-refractivity contribution >= 4 is 11.6 Å². The Hall–Kier alpha value is -2.14. The molecule has 1 amide bonds. The topological polar surface area (TPSA) is 67.2 Å². The van der Waals surface area contributed by atoms with Crippen molar-refractivity contribution in [2.45, 2.75) is 20.0 Å². The summed E-state index contributed by atoms with van der Waals surface area (Å²) in [7, 11) is 1.80. The van der Waals surface area contributed by atoms with Crippen LogP contribution in [-0.2, 0) is 20.1 Å². The van der Waals surface area contributed by atoms with Gasteiger partial charge in [-0.05, 0) is 24.1 Å². The number of hydrogen-bond donors (Lipinski definition) is 2. The number of nitrogens with zero attached hydrogens (tertiary/aromatic N) is 2. The molecule has 0 radical (unpaired) electrons. The summed E-state index contributed by atoms with van der Waals surface area (Å²) in [5, 5.41) is 16.0. The molecule has 0 unspecified atom stereocenters. The van der Waals surface area contributed by atoms with Crippen LogP contribution in [0, 0.1) is 0 Å². The maximum atomic E-state index is 12.1. The Morgan fingerprint density at radius 1 is 1.37 bits per heavy atom. The summed E-state index contributed by atoms with van der Waals surface area (Å²) in [4.78, 5) is 12.1. The monoisotopic (exact) mass is 259 g/mol. The number of anilines is 1. The third kappa shape index (κ3) is 3.00. The van der Waals surface area contributed by atoms with E-state index in [9.17, 15) is 4.79 Å². The molecule has 1 aromatic heterocycles. The summed E-state index contributed by atoms with van der Waals surface area (Å²) in [6.07, 6.45) is 2.43. The highest BCUT2D eigenvalue weighted by atomic mass is 16.3. The molecule has 0 atom stereocenters. The summed E-state index contributed by atoms with van der Waals surface area (Å²) < 4.78 is 1.64. The molecule has 0 fully saturated rings. The highest BCUT2D eigenvalue weighted by Gasteiger charge is 2.14. The third-order valence-electron chi connectivity index (χ3n) is 2.88. The molecule has 5 nitrogen and oxygen atoms in total. The number of aliphatic hydroxyl groups is 1. The molecule has 2 N–H and O–H groups in total. The quantitative estimate of drug-likeness (QED) is 0.878. The predicted molar refractivity (Wildman–Crippen MR) is 72.9 cm³/mol. The summed E-state index contributed by atoms with van der Waals surface area (Å²) in [5.74, 6) is -0.165. The van der Waals surface area contributed by atoms with Gasteiger partial charge in [0.1, 0.15) is 0 Å². The lowest BCUT2D eigenvalue weighted by molar-refractivity contribution is 0.102. The molecule has 2 aromatic rings. The Balaban J connectivity index is 2.15. The van der Waals surface area contributed by atoms with Crippen molar-refractivity contribution in [1.29, 1.82) is 0 Å². The number of hydrogen-bond acceptors (Lipinski definition) is 3. The Kier molecular flexibility index (Phi) is 3.97. The molecule has 0 spiro atoms. The lowest BCUT2D eigenvalue weighted by atomic mass is 10.2. The Bertz CT molecular complexity index is 573. The highest BCUT2D eigenvalue weighted by molar-refractivity contribution is 6.04. The Morgan fingerprint density at radius 2 is 2.05 bits per heavy atom. The lowest BCUT2D eigenvalue weighted by Crippen LogP contribution is -2.13. The first-order valence-electron chi connectivity index (χ1n) is 6.17. The number of aryl methyl sites for hydroxylation is 2. The fourth-order valence-corrected chi connectivity index (χ4v) is 1.88. The number of aliphatic hydroxyl groups excluding tert-OH is 1. The fourth-order valence-electron chi connectivity index (χ4n) is 1.88. The van der Waals surface area contributed by atoms with E-state index in [1.807, 2.05) is 6.92 Å². The molecular formula is C14H17N3O2. The van der Waals surface area contributed by atoms with Gasteiger partial charge < -0.3 is 10.4 Å². The molecule has 100 valence electrons. The zero-order valence-corrected chi connectivity index (χ0v) is 11.1. The SMILES string of the molecule is CCc1nn(C)cc1C(=O)Nc1ccc(CO)cc1. The Morgan fingerprint density at radius 3 is 2.63 bits per heavy atom. The zero-order chi connectivity index (χ0) is 13.8. The summed E-state index contributed by atoms with van der Waals surface area (Å²) in [5.41, 5.74) is 2.89. The van der Waals surface area contributed by atoms with E-state index in [4.69, 9.17) is 5.11 Å². The van der Waals surface area contributed by atoms with Crippen molar-refractivity contribution in [2.75, 3.05) is 5.32 Å². The smallest absolute Gasteiger partial charge is 0.259 e. The van der Waals surface area contributed by atoms with Crippen molar-refractivity contribution in [2.24, 2.45) is 7.05 Å². The van der Waals surface area contributed by atoms with Crippen LogP contribution in [0.5, 0.6) is 0 Å². The Labute approximate surface area is 111 Å². The van der Waals surface area contributed by atoms with E-state index in [-0.39, 0.29) is 12.5 Å². The summed E-state index contributed by atoms with van der Waals surface area (Å²) >= 11 is 0. The number of rotatable bonds is 4. The van der Waals surface area contributed by atoms with E-state index < -0.39 is 0 Å². The zero-order valence-electron chi connectivity index (χ0n) is 11.1. The average molecular weight is 259 g/mol. The first kappa shape index (κ1) is 13.3. The third-order valence-corrected chi connectivity index (χ3v) is 2.88. The van der Waals surface area contributed by atoms with Gasteiger partial charge in [0.15, 0.2) is 0 Å². The predicted octanol–water partition coefficient (Wildman–Crippen LogP) is 1.73. The molecule has 0 aliphatic heterocycles. The van der Waals surface area contributed by atoms with Crippen molar-refractivity contribution in [3.05, 3.63) is 47.3 Å². The number of aromatic nitrogens is 2. The second-order valence-electron chi connectivity index (χ2n) is 4.33. The minimum Gasteiger partial charge on any atom is -0.392 e. The van der Waals surface area contributed by atoms with Crippen LogP contribution in [0.25, 0.3) is 0 Å². The van der Waals surface area contributed by atoms with Crippen LogP contribution in [0.1, 0.15) is 28.5 Å². The fraction of sp³-hybridized carbons (Fsp3) is 0.286. The normalized spacial score (nSPS) is 10.5. The van der Waals surface area contributed by atoms with Gasteiger partial charge in [0.05, 0.1) is 17.9 Å². The van der Waals surface area contributed by atoms with E-state index in [2.05, 4.69) is 10.4 Å². The van der Waals surface area contributed by atoms with Crippen molar-refractivity contribution in [1.82, 2.24) is 9.78 Å². The van der Waals surface area contributed by atoms with E-state index in [0.717, 1.165) is 11.3 Å². The minimum atomic E-state index is -0.165. The van der Waals surface area contributed by atoms with Crippen molar-refractivity contribution in [3.63, 3.8) is 0 Å². The largest absolute Gasteiger partial charge is 0.392 e. The standard InChI is InChI=1S/C14H17N3O2/c1-3-13-12(8-17(2)16-13)14(19)15-11-6-4-10(9-18)5-7-11/h4-8,18H,3,9H2,1-2H3,(H,15,19). The van der Waals surface area contributed by atoms with Crippen molar-refractivity contribution in [3.8, 4) is 0 Å². The van der Waals surface area contributed by atoms with Gasteiger partial charge in [0.25, 0.3) is 5.91 Å². The highest BCUT2D eigenvalue weighted by Crippen LogP contribution is 2.13. The second kappa shape index (κ2) is 5.67. The number of carbonyl (C=O) groups is 1. The molecule has 1 heterocycles. The first-order chi connectivity index (χ1) is 9.13. The molecule has 0 bridgehead atoms. The molecule has 0 aliphatic rings. The molecular weight excluding hydrogens is 242 g/mol. The number of amides is 1. The molecule has 0 saturated carbocycles. The molecule has 1 aromatic carbocycles. The summed E-state index contributed by atoms with van der Waals surface area (Å²) in [6.45, 7) is 1.96. The maximum absolute atomic E-state index is 12.1. The number of nitrogens with one attached hydrogen (secondary N) is 1. The molecule has 5 heteroatoms. The van der Waals surface area contributed by atoms with E-state index in [1.54, 1.807) is 42.2 Å². The number of carbonyl (C=O) groups excluding carboxylic acids is 1. The van der Waals surface area contributed by atoms with Gasteiger partial charge in [-0.15, -0.1) is 0 Å². The van der Waals surface area contributed by atoms with Gasteiger partial charge in [-0.25, -0.2) is 0 Å². The van der Waals surface area contributed by atoms with Crippen LogP contribution >= 0.6 is 0 Å².